The number of likely N-dealkylation sites (N-methyl/N-ethyl adjacent to an activating group) is 1. The highest BCUT2D eigenvalue weighted by molar-refractivity contribution is 5.86. The molecule has 6 nitrogen and oxygen atoms in total. The number of halogens is 1. The van der Waals surface area contributed by atoms with Crippen LogP contribution >= 0.6 is 0 Å². The summed E-state index contributed by atoms with van der Waals surface area (Å²) in [6.07, 6.45) is 4.70. The van der Waals surface area contributed by atoms with Gasteiger partial charge in [0, 0.05) is 26.2 Å². The molecule has 0 aromatic heterocycles. The van der Waals surface area contributed by atoms with Crippen LogP contribution in [-0.4, -0.2) is 50.6 Å². The molecule has 1 aliphatic rings. The Morgan fingerprint density at radius 1 is 1.30 bits per heavy atom. The molecule has 2 unspecified atom stereocenters. The van der Waals surface area contributed by atoms with E-state index >= 15 is 0 Å². The SMILES string of the molecule is COc1cc(F)cc(CN=C(NCC(=O)N(C)C)NC2CCCCC2C)c1. The first kappa shape index (κ1) is 21.0. The van der Waals surface area contributed by atoms with E-state index < -0.39 is 0 Å². The summed E-state index contributed by atoms with van der Waals surface area (Å²) >= 11 is 0. The van der Waals surface area contributed by atoms with Crippen LogP contribution in [0.4, 0.5) is 4.39 Å². The van der Waals surface area contributed by atoms with Gasteiger partial charge in [-0.1, -0.05) is 19.8 Å². The molecule has 0 saturated heterocycles. The van der Waals surface area contributed by atoms with Gasteiger partial charge in [-0.3, -0.25) is 4.79 Å². The zero-order valence-electron chi connectivity index (χ0n) is 16.7. The number of nitrogens with one attached hydrogen (secondary N) is 2. The van der Waals surface area contributed by atoms with Crippen LogP contribution < -0.4 is 15.4 Å². The van der Waals surface area contributed by atoms with Crippen molar-refractivity contribution in [3.63, 3.8) is 0 Å². The second kappa shape index (κ2) is 10.1. The number of hydrogen-bond donors (Lipinski definition) is 2. The summed E-state index contributed by atoms with van der Waals surface area (Å²) in [5, 5.41) is 6.56. The third-order valence-corrected chi connectivity index (χ3v) is 4.93. The van der Waals surface area contributed by atoms with E-state index in [0.717, 1.165) is 6.42 Å². The van der Waals surface area contributed by atoms with Crippen LogP contribution in [0.1, 0.15) is 38.2 Å². The predicted octanol–water partition coefficient (Wildman–Crippen LogP) is 2.54. The number of guanidine groups is 1. The van der Waals surface area contributed by atoms with Gasteiger partial charge >= 0.3 is 0 Å². The van der Waals surface area contributed by atoms with Gasteiger partial charge in [0.25, 0.3) is 0 Å². The molecule has 0 bridgehead atoms. The maximum absolute atomic E-state index is 13.7. The summed E-state index contributed by atoms with van der Waals surface area (Å²) in [7, 11) is 4.95. The molecule has 1 aliphatic carbocycles. The van der Waals surface area contributed by atoms with Gasteiger partial charge in [-0.05, 0) is 36.5 Å². The highest BCUT2D eigenvalue weighted by atomic mass is 19.1. The lowest BCUT2D eigenvalue weighted by Crippen LogP contribution is -2.49. The van der Waals surface area contributed by atoms with Crippen LogP contribution in [0.15, 0.2) is 23.2 Å². The van der Waals surface area contributed by atoms with Gasteiger partial charge in [0.2, 0.25) is 5.91 Å². The second-order valence-corrected chi connectivity index (χ2v) is 7.32. The lowest BCUT2D eigenvalue weighted by Gasteiger charge is -2.31. The summed E-state index contributed by atoms with van der Waals surface area (Å²) in [6.45, 7) is 2.68. The number of rotatable bonds is 6. The number of nitrogens with zero attached hydrogens (tertiary/aromatic N) is 2. The minimum absolute atomic E-state index is 0.0337. The van der Waals surface area contributed by atoms with Crippen LogP contribution in [-0.2, 0) is 11.3 Å². The third kappa shape index (κ3) is 6.73. The van der Waals surface area contributed by atoms with Gasteiger partial charge in [0.15, 0.2) is 5.96 Å². The Bertz CT molecular complexity index is 663. The molecule has 27 heavy (non-hydrogen) atoms. The van der Waals surface area contributed by atoms with E-state index in [0.29, 0.717) is 35.8 Å². The van der Waals surface area contributed by atoms with Gasteiger partial charge < -0.3 is 20.3 Å². The predicted molar refractivity (Wildman–Crippen MR) is 105 cm³/mol. The first-order valence-corrected chi connectivity index (χ1v) is 9.47. The molecule has 0 aliphatic heterocycles. The fourth-order valence-corrected chi connectivity index (χ4v) is 3.18. The van der Waals surface area contributed by atoms with Crippen molar-refractivity contribution in [3.8, 4) is 5.75 Å². The Hall–Kier alpha value is -2.31. The average Bonchev–Trinajstić information content (AvgIpc) is 2.64. The largest absolute Gasteiger partial charge is 0.497 e. The monoisotopic (exact) mass is 378 g/mol. The summed E-state index contributed by atoms with van der Waals surface area (Å²) in [5.74, 6) is 1.20. The molecule has 1 aromatic rings. The van der Waals surface area contributed by atoms with Crippen LogP contribution in [0, 0.1) is 11.7 Å². The number of amides is 1. The quantitative estimate of drug-likeness (QED) is 0.590. The number of carbonyl (C=O) groups is 1. The van der Waals surface area contributed by atoms with E-state index in [1.165, 1.54) is 43.4 Å². The Kier molecular flexibility index (Phi) is 7.88. The van der Waals surface area contributed by atoms with Gasteiger partial charge in [0.1, 0.15) is 11.6 Å². The molecule has 1 saturated carbocycles. The summed E-state index contributed by atoms with van der Waals surface area (Å²) in [6, 6.07) is 4.86. The van der Waals surface area contributed by atoms with Crippen molar-refractivity contribution in [2.24, 2.45) is 10.9 Å². The fourth-order valence-electron chi connectivity index (χ4n) is 3.18. The van der Waals surface area contributed by atoms with E-state index in [-0.39, 0.29) is 18.3 Å². The van der Waals surface area contributed by atoms with Crippen LogP contribution in [0.2, 0.25) is 0 Å². The third-order valence-electron chi connectivity index (χ3n) is 4.93. The molecule has 2 atom stereocenters. The topological polar surface area (TPSA) is 66.0 Å². The zero-order valence-corrected chi connectivity index (χ0v) is 16.7. The van der Waals surface area contributed by atoms with Crippen molar-refractivity contribution in [2.75, 3.05) is 27.7 Å². The normalized spacial score (nSPS) is 20.1. The Labute approximate surface area is 161 Å². The minimum Gasteiger partial charge on any atom is -0.497 e. The maximum atomic E-state index is 13.7. The van der Waals surface area contributed by atoms with Gasteiger partial charge in [-0.25, -0.2) is 9.38 Å². The Morgan fingerprint density at radius 2 is 2.04 bits per heavy atom. The molecule has 0 radical (unpaired) electrons. The van der Waals surface area contributed by atoms with Crippen molar-refractivity contribution in [1.82, 2.24) is 15.5 Å². The molecule has 0 heterocycles. The molecule has 2 N–H and O–H groups in total. The van der Waals surface area contributed by atoms with Gasteiger partial charge in [-0.15, -0.1) is 0 Å². The molecular formula is C20H31FN4O2. The van der Waals surface area contributed by atoms with E-state index in [1.807, 2.05) is 0 Å². The van der Waals surface area contributed by atoms with E-state index in [1.54, 1.807) is 20.2 Å². The smallest absolute Gasteiger partial charge is 0.241 e. The van der Waals surface area contributed by atoms with Gasteiger partial charge in [0.05, 0.1) is 20.2 Å². The number of benzene rings is 1. The molecular weight excluding hydrogens is 347 g/mol. The lowest BCUT2D eigenvalue weighted by molar-refractivity contribution is -0.127. The standard InChI is InChI=1S/C20H31FN4O2/c1-14-7-5-6-8-18(14)24-20(23-13-19(26)25(2)3)22-12-15-9-16(21)11-17(10-15)27-4/h9-11,14,18H,5-8,12-13H2,1-4H3,(H2,22,23,24). The van der Waals surface area contributed by atoms with E-state index in [4.69, 9.17) is 4.74 Å². The van der Waals surface area contributed by atoms with Crippen molar-refractivity contribution >= 4 is 11.9 Å². The second-order valence-electron chi connectivity index (χ2n) is 7.32. The highest BCUT2D eigenvalue weighted by Crippen LogP contribution is 2.23. The number of hydrogen-bond acceptors (Lipinski definition) is 3. The van der Waals surface area contributed by atoms with Crippen molar-refractivity contribution < 1.29 is 13.9 Å². The molecule has 1 amide bonds. The molecule has 1 fully saturated rings. The van der Waals surface area contributed by atoms with Gasteiger partial charge in [-0.2, -0.15) is 0 Å². The Morgan fingerprint density at radius 3 is 2.70 bits per heavy atom. The minimum atomic E-state index is -0.356. The molecule has 1 aromatic carbocycles. The first-order chi connectivity index (χ1) is 12.9. The fraction of sp³-hybridized carbons (Fsp3) is 0.600. The number of ether oxygens (including phenoxy) is 1. The molecule has 0 spiro atoms. The Balaban J connectivity index is 2.10. The molecule has 150 valence electrons. The van der Waals surface area contributed by atoms with Crippen molar-refractivity contribution in [2.45, 2.75) is 45.2 Å². The summed E-state index contributed by atoms with van der Waals surface area (Å²) in [5.41, 5.74) is 0.712. The van der Waals surface area contributed by atoms with Crippen LogP contribution in [0.25, 0.3) is 0 Å². The summed E-state index contributed by atoms with van der Waals surface area (Å²) < 4.78 is 18.8. The lowest BCUT2D eigenvalue weighted by atomic mass is 9.86. The maximum Gasteiger partial charge on any atom is 0.241 e. The number of aliphatic imine (C=N–C) groups is 1. The zero-order chi connectivity index (χ0) is 19.8. The van der Waals surface area contributed by atoms with Crippen LogP contribution in [0.5, 0.6) is 5.75 Å². The van der Waals surface area contributed by atoms with Crippen LogP contribution in [0.3, 0.4) is 0 Å². The van der Waals surface area contributed by atoms with Crippen molar-refractivity contribution in [3.05, 3.63) is 29.6 Å². The first-order valence-electron chi connectivity index (χ1n) is 9.47. The number of methoxy groups -OCH3 is 1. The average molecular weight is 378 g/mol. The summed E-state index contributed by atoms with van der Waals surface area (Å²) in [4.78, 5) is 18.0. The van der Waals surface area contributed by atoms with E-state index in [9.17, 15) is 9.18 Å². The highest BCUT2D eigenvalue weighted by Gasteiger charge is 2.22. The van der Waals surface area contributed by atoms with E-state index in [2.05, 4.69) is 22.5 Å². The van der Waals surface area contributed by atoms with Crippen molar-refractivity contribution in [1.29, 1.82) is 0 Å². The molecule has 7 heteroatoms. The number of carbonyl (C=O) groups excluding carboxylic acids is 1. The molecule has 2 rings (SSSR count).